The van der Waals surface area contributed by atoms with Crippen molar-refractivity contribution >= 4 is 23.0 Å². The van der Waals surface area contributed by atoms with E-state index in [-0.39, 0.29) is 5.91 Å². The summed E-state index contributed by atoms with van der Waals surface area (Å²) in [6.45, 7) is 2.82. The number of nitrogens with one attached hydrogen (secondary N) is 2. The van der Waals surface area contributed by atoms with Crippen molar-refractivity contribution in [2.75, 3.05) is 35.2 Å². The Morgan fingerprint density at radius 1 is 1.08 bits per heavy atom. The summed E-state index contributed by atoms with van der Waals surface area (Å²) >= 11 is 0. The highest BCUT2D eigenvalue weighted by Crippen LogP contribution is 2.22. The van der Waals surface area contributed by atoms with Crippen molar-refractivity contribution in [3.63, 3.8) is 0 Å². The molecule has 3 rings (SSSR count). The Morgan fingerprint density at radius 3 is 2.52 bits per heavy atom. The number of hydrogen-bond donors (Lipinski definition) is 2. The third-order valence-electron chi connectivity index (χ3n) is 4.34. The Hall–Kier alpha value is -3.00. The van der Waals surface area contributed by atoms with Crippen molar-refractivity contribution in [2.24, 2.45) is 0 Å². The van der Waals surface area contributed by atoms with Crippen molar-refractivity contribution in [3.05, 3.63) is 54.1 Å². The molecule has 2 aromatic rings. The van der Waals surface area contributed by atoms with Gasteiger partial charge in [-0.2, -0.15) is 5.26 Å². The molecule has 128 valence electrons. The Kier molecular flexibility index (Phi) is 5.53. The van der Waals surface area contributed by atoms with Crippen molar-refractivity contribution in [2.45, 2.75) is 19.3 Å². The van der Waals surface area contributed by atoms with Crippen LogP contribution in [-0.4, -0.2) is 25.5 Å². The zero-order valence-electron chi connectivity index (χ0n) is 14.2. The van der Waals surface area contributed by atoms with E-state index in [0.717, 1.165) is 18.8 Å². The Morgan fingerprint density at radius 2 is 1.80 bits per heavy atom. The van der Waals surface area contributed by atoms with E-state index in [1.54, 1.807) is 24.3 Å². The largest absolute Gasteiger partial charge is 0.385 e. The first kappa shape index (κ1) is 16.8. The predicted molar refractivity (Wildman–Crippen MR) is 101 cm³/mol. The van der Waals surface area contributed by atoms with Gasteiger partial charge in [0.2, 0.25) is 5.91 Å². The lowest BCUT2D eigenvalue weighted by molar-refractivity contribution is -0.115. The van der Waals surface area contributed by atoms with E-state index in [2.05, 4.69) is 45.9 Å². The molecule has 5 heteroatoms. The number of para-hydroxylation sites is 1. The molecule has 0 aromatic heterocycles. The van der Waals surface area contributed by atoms with Crippen LogP contribution in [0.2, 0.25) is 0 Å². The summed E-state index contributed by atoms with van der Waals surface area (Å²) in [7, 11) is 0. The molecule has 1 saturated heterocycles. The maximum Gasteiger partial charge on any atom is 0.226 e. The molecule has 5 nitrogen and oxygen atoms in total. The first-order chi connectivity index (χ1) is 12.3. The topological polar surface area (TPSA) is 68.2 Å². The maximum atomic E-state index is 12.0. The number of benzene rings is 2. The van der Waals surface area contributed by atoms with Crippen LogP contribution in [0.25, 0.3) is 0 Å². The average molecular weight is 334 g/mol. The van der Waals surface area contributed by atoms with Gasteiger partial charge in [0.1, 0.15) is 6.07 Å². The fourth-order valence-corrected chi connectivity index (χ4v) is 2.99. The number of carbonyl (C=O) groups is 1. The van der Waals surface area contributed by atoms with Crippen molar-refractivity contribution in [1.29, 1.82) is 5.26 Å². The first-order valence-electron chi connectivity index (χ1n) is 8.64. The number of amides is 1. The summed E-state index contributed by atoms with van der Waals surface area (Å²) in [4.78, 5) is 14.4. The minimum Gasteiger partial charge on any atom is -0.385 e. The first-order valence-corrected chi connectivity index (χ1v) is 8.64. The van der Waals surface area contributed by atoms with Gasteiger partial charge in [0, 0.05) is 37.4 Å². The summed E-state index contributed by atoms with van der Waals surface area (Å²) in [5.74, 6) is -0.108. The highest BCUT2D eigenvalue weighted by molar-refractivity contribution is 5.92. The van der Waals surface area contributed by atoms with Gasteiger partial charge in [-0.15, -0.1) is 0 Å². The number of anilines is 3. The molecule has 0 atom stereocenters. The van der Waals surface area contributed by atoms with Crippen LogP contribution in [0.4, 0.5) is 17.1 Å². The summed E-state index contributed by atoms with van der Waals surface area (Å²) < 4.78 is 0. The van der Waals surface area contributed by atoms with Crippen LogP contribution in [-0.2, 0) is 4.79 Å². The third-order valence-corrected chi connectivity index (χ3v) is 4.34. The van der Waals surface area contributed by atoms with Gasteiger partial charge in [0.15, 0.2) is 0 Å². The Bertz CT molecular complexity index is 758. The Labute approximate surface area is 148 Å². The smallest absolute Gasteiger partial charge is 0.226 e. The molecule has 1 amide bonds. The summed E-state index contributed by atoms with van der Waals surface area (Å²) in [6.07, 6.45) is 2.88. The van der Waals surface area contributed by atoms with Gasteiger partial charge in [0.25, 0.3) is 0 Å². The van der Waals surface area contributed by atoms with Gasteiger partial charge < -0.3 is 15.5 Å². The van der Waals surface area contributed by atoms with Crippen LogP contribution < -0.4 is 15.5 Å². The molecule has 0 unspecified atom stereocenters. The van der Waals surface area contributed by atoms with Gasteiger partial charge in [-0.25, -0.2) is 0 Å². The fourth-order valence-electron chi connectivity index (χ4n) is 2.99. The monoisotopic (exact) mass is 334 g/mol. The molecule has 1 aliphatic heterocycles. The molecule has 0 aliphatic carbocycles. The van der Waals surface area contributed by atoms with Crippen LogP contribution in [0.1, 0.15) is 24.8 Å². The highest BCUT2D eigenvalue weighted by Gasteiger charge is 2.11. The highest BCUT2D eigenvalue weighted by atomic mass is 16.1. The zero-order valence-corrected chi connectivity index (χ0v) is 14.2. The van der Waals surface area contributed by atoms with Gasteiger partial charge in [-0.3, -0.25) is 4.79 Å². The molecular formula is C20H22N4O. The lowest BCUT2D eigenvalue weighted by Crippen LogP contribution is -2.18. The van der Waals surface area contributed by atoms with E-state index in [9.17, 15) is 4.79 Å². The number of rotatable bonds is 6. The van der Waals surface area contributed by atoms with Crippen LogP contribution in [0, 0.1) is 11.3 Å². The van der Waals surface area contributed by atoms with Gasteiger partial charge in [-0.05, 0) is 49.2 Å². The predicted octanol–water partition coefficient (Wildman–Crippen LogP) is 3.60. The molecule has 1 heterocycles. The van der Waals surface area contributed by atoms with E-state index in [0.29, 0.717) is 24.2 Å². The van der Waals surface area contributed by atoms with Crippen LogP contribution >= 0.6 is 0 Å². The van der Waals surface area contributed by atoms with Crippen molar-refractivity contribution in [3.8, 4) is 6.07 Å². The molecule has 25 heavy (non-hydrogen) atoms. The van der Waals surface area contributed by atoms with Gasteiger partial charge >= 0.3 is 0 Å². The fraction of sp³-hybridized carbons (Fsp3) is 0.300. The third kappa shape index (κ3) is 4.51. The van der Waals surface area contributed by atoms with E-state index >= 15 is 0 Å². The molecule has 0 saturated carbocycles. The lowest BCUT2D eigenvalue weighted by atomic mass is 10.2. The van der Waals surface area contributed by atoms with Crippen LogP contribution in [0.3, 0.4) is 0 Å². The van der Waals surface area contributed by atoms with Gasteiger partial charge in [-0.1, -0.05) is 12.1 Å². The van der Waals surface area contributed by atoms with E-state index < -0.39 is 0 Å². The van der Waals surface area contributed by atoms with Crippen molar-refractivity contribution < 1.29 is 4.79 Å². The Balaban J connectivity index is 1.46. The van der Waals surface area contributed by atoms with E-state index in [4.69, 9.17) is 5.26 Å². The quantitative estimate of drug-likeness (QED) is 0.847. The minimum absolute atomic E-state index is 0.108. The second-order valence-corrected chi connectivity index (χ2v) is 6.12. The molecule has 1 aliphatic rings. The summed E-state index contributed by atoms with van der Waals surface area (Å²) in [5, 5.41) is 15.1. The molecule has 2 aromatic carbocycles. The van der Waals surface area contributed by atoms with Gasteiger partial charge in [0.05, 0.1) is 11.3 Å². The number of hydrogen-bond acceptors (Lipinski definition) is 4. The van der Waals surface area contributed by atoms with E-state index in [1.807, 2.05) is 0 Å². The normalized spacial score (nSPS) is 13.3. The number of nitriles is 1. The summed E-state index contributed by atoms with van der Waals surface area (Å²) in [6, 6.07) is 17.4. The standard InChI is InChI=1S/C20H22N4O/c21-15-16-5-1-2-6-19(16)23-20(25)11-12-22-17-7-9-18(10-8-17)24-13-3-4-14-24/h1-2,5-10,22H,3-4,11-14H2,(H,23,25). The summed E-state index contributed by atoms with van der Waals surface area (Å²) in [5.41, 5.74) is 3.30. The zero-order chi connectivity index (χ0) is 17.5. The number of carbonyl (C=O) groups excluding carboxylic acids is 1. The van der Waals surface area contributed by atoms with E-state index in [1.165, 1.54) is 18.5 Å². The molecule has 0 bridgehead atoms. The average Bonchev–Trinajstić information content (AvgIpc) is 3.17. The second kappa shape index (κ2) is 8.20. The van der Waals surface area contributed by atoms with Crippen LogP contribution in [0.5, 0.6) is 0 Å². The molecule has 2 N–H and O–H groups in total. The second-order valence-electron chi connectivity index (χ2n) is 6.12. The maximum absolute atomic E-state index is 12.0. The molecule has 1 fully saturated rings. The molecule has 0 radical (unpaired) electrons. The number of nitrogens with zero attached hydrogens (tertiary/aromatic N) is 2. The SMILES string of the molecule is N#Cc1ccccc1NC(=O)CCNc1ccc(N2CCCC2)cc1. The minimum atomic E-state index is -0.108. The lowest BCUT2D eigenvalue weighted by Gasteiger charge is -2.18. The molecular weight excluding hydrogens is 312 g/mol. The van der Waals surface area contributed by atoms with Crippen LogP contribution in [0.15, 0.2) is 48.5 Å². The van der Waals surface area contributed by atoms with Crippen molar-refractivity contribution in [1.82, 2.24) is 0 Å². The molecule has 0 spiro atoms.